The average Bonchev–Trinajstić information content (AvgIpc) is 3.04. The summed E-state index contributed by atoms with van der Waals surface area (Å²) in [5.74, 6) is 0.0253. The fraction of sp³-hybridized carbons (Fsp3) is 0.368. The van der Waals surface area contributed by atoms with Crippen LogP contribution in [0.5, 0.6) is 5.75 Å². The number of carboxylic acids is 1. The summed E-state index contributed by atoms with van der Waals surface area (Å²) in [4.78, 5) is 25.6. The van der Waals surface area contributed by atoms with Gasteiger partial charge in [0.15, 0.2) is 6.61 Å². The molecule has 0 bridgehead atoms. The lowest BCUT2D eigenvalue weighted by Gasteiger charge is -2.28. The topological polar surface area (TPSA) is 80.0 Å². The Morgan fingerprint density at radius 2 is 2.08 bits per heavy atom. The van der Waals surface area contributed by atoms with Crippen molar-refractivity contribution in [2.24, 2.45) is 0 Å². The zero-order valence-electron chi connectivity index (χ0n) is 13.9. The van der Waals surface area contributed by atoms with Crippen LogP contribution in [-0.2, 0) is 4.79 Å². The zero-order chi connectivity index (χ0) is 17.6. The van der Waals surface area contributed by atoms with Crippen LogP contribution in [-0.4, -0.2) is 35.0 Å². The highest BCUT2D eigenvalue weighted by molar-refractivity contribution is 5.95. The number of hydrogen-bond acceptors (Lipinski definition) is 4. The maximum absolute atomic E-state index is 13.1. The molecule has 25 heavy (non-hydrogen) atoms. The van der Waals surface area contributed by atoms with Crippen LogP contribution in [0, 0.1) is 0 Å². The van der Waals surface area contributed by atoms with E-state index in [9.17, 15) is 9.59 Å². The summed E-state index contributed by atoms with van der Waals surface area (Å²) in [6.07, 6.45) is 5.59. The van der Waals surface area contributed by atoms with Crippen molar-refractivity contribution in [3.05, 3.63) is 54.0 Å². The van der Waals surface area contributed by atoms with Crippen molar-refractivity contribution in [2.75, 3.05) is 13.2 Å². The van der Waals surface area contributed by atoms with Gasteiger partial charge >= 0.3 is 5.97 Å². The zero-order valence-corrected chi connectivity index (χ0v) is 13.9. The molecule has 1 unspecified atom stereocenters. The highest BCUT2D eigenvalue weighted by Gasteiger charge is 2.29. The molecule has 1 amide bonds. The molecule has 1 aliphatic heterocycles. The number of likely N-dealkylation sites (tertiary alicyclic amines) is 1. The maximum atomic E-state index is 13.1. The summed E-state index contributed by atoms with van der Waals surface area (Å²) in [5.41, 5.74) is 0.487. The van der Waals surface area contributed by atoms with Crippen molar-refractivity contribution in [3.63, 3.8) is 0 Å². The van der Waals surface area contributed by atoms with E-state index in [1.54, 1.807) is 30.5 Å². The highest BCUT2D eigenvalue weighted by atomic mass is 16.5. The molecule has 1 fully saturated rings. The monoisotopic (exact) mass is 343 g/mol. The molecule has 1 aliphatic rings. The first-order chi connectivity index (χ1) is 12.1. The van der Waals surface area contributed by atoms with Crippen LogP contribution >= 0.6 is 0 Å². The molecule has 6 nitrogen and oxygen atoms in total. The minimum Gasteiger partial charge on any atom is -0.482 e. The molecule has 2 aromatic rings. The lowest BCUT2D eigenvalue weighted by molar-refractivity contribution is -0.139. The van der Waals surface area contributed by atoms with E-state index in [1.165, 1.54) is 0 Å². The Kier molecular flexibility index (Phi) is 5.38. The molecule has 132 valence electrons. The van der Waals surface area contributed by atoms with Gasteiger partial charge in [-0.2, -0.15) is 0 Å². The quantitative estimate of drug-likeness (QED) is 0.899. The molecule has 2 heterocycles. The molecular formula is C19H21NO5. The van der Waals surface area contributed by atoms with E-state index in [-0.39, 0.29) is 11.9 Å². The molecule has 0 saturated carbocycles. The van der Waals surface area contributed by atoms with Gasteiger partial charge in [0.05, 0.1) is 12.3 Å². The summed E-state index contributed by atoms with van der Waals surface area (Å²) in [7, 11) is 0. The number of ether oxygens (including phenoxy) is 1. The van der Waals surface area contributed by atoms with E-state index in [2.05, 4.69) is 0 Å². The predicted molar refractivity (Wildman–Crippen MR) is 90.5 cm³/mol. The van der Waals surface area contributed by atoms with Gasteiger partial charge in [0.1, 0.15) is 11.5 Å². The minimum absolute atomic E-state index is 0.0754. The van der Waals surface area contributed by atoms with Crippen molar-refractivity contribution in [1.29, 1.82) is 0 Å². The molecule has 0 radical (unpaired) electrons. The van der Waals surface area contributed by atoms with Crippen LogP contribution in [0.25, 0.3) is 0 Å². The number of furan rings is 1. The summed E-state index contributed by atoms with van der Waals surface area (Å²) >= 11 is 0. The molecular weight excluding hydrogens is 322 g/mol. The van der Waals surface area contributed by atoms with Gasteiger partial charge in [-0.25, -0.2) is 4.79 Å². The fourth-order valence-corrected chi connectivity index (χ4v) is 3.16. The van der Waals surface area contributed by atoms with Crippen molar-refractivity contribution in [1.82, 2.24) is 4.90 Å². The predicted octanol–water partition coefficient (Wildman–Crippen LogP) is 3.50. The SMILES string of the molecule is O=C(O)COc1cccc(C(=O)N2CCCCCC2c2ccco2)c1. The van der Waals surface area contributed by atoms with Gasteiger partial charge in [-0.1, -0.05) is 18.9 Å². The van der Waals surface area contributed by atoms with Crippen LogP contribution < -0.4 is 4.74 Å². The molecule has 0 aliphatic carbocycles. The lowest BCUT2D eigenvalue weighted by Crippen LogP contribution is -2.34. The number of nitrogens with zero attached hydrogens (tertiary/aromatic N) is 1. The first-order valence-electron chi connectivity index (χ1n) is 8.44. The average molecular weight is 343 g/mol. The van der Waals surface area contributed by atoms with Crippen LogP contribution in [0.3, 0.4) is 0 Å². The summed E-state index contributed by atoms with van der Waals surface area (Å²) in [6.45, 7) is 0.237. The van der Waals surface area contributed by atoms with Crippen LogP contribution in [0.2, 0.25) is 0 Å². The van der Waals surface area contributed by atoms with Gasteiger partial charge in [0.2, 0.25) is 0 Å². The first kappa shape index (κ1) is 17.1. The lowest BCUT2D eigenvalue weighted by atomic mass is 10.1. The Bertz CT molecular complexity index is 725. The Labute approximate surface area is 146 Å². The number of benzene rings is 1. The molecule has 6 heteroatoms. The van der Waals surface area contributed by atoms with Crippen molar-refractivity contribution >= 4 is 11.9 Å². The molecule has 1 N–H and O–H groups in total. The van der Waals surface area contributed by atoms with Crippen molar-refractivity contribution in [3.8, 4) is 5.75 Å². The fourth-order valence-electron chi connectivity index (χ4n) is 3.16. The van der Waals surface area contributed by atoms with E-state index in [1.807, 2.05) is 17.0 Å². The van der Waals surface area contributed by atoms with Crippen LogP contribution in [0.4, 0.5) is 0 Å². The number of carbonyl (C=O) groups excluding carboxylic acids is 1. The Morgan fingerprint density at radius 1 is 1.20 bits per heavy atom. The standard InChI is InChI=1S/C19H21NO5/c21-18(22)13-25-15-7-4-6-14(12-15)19(23)20-10-3-1-2-8-16(20)17-9-5-11-24-17/h4-7,9,11-12,16H,1-3,8,10,13H2,(H,21,22). The van der Waals surface area contributed by atoms with Gasteiger partial charge in [-0.05, 0) is 43.2 Å². The second kappa shape index (κ2) is 7.88. The number of aliphatic carboxylic acids is 1. The largest absolute Gasteiger partial charge is 0.482 e. The molecule has 0 spiro atoms. The Balaban J connectivity index is 1.82. The van der Waals surface area contributed by atoms with Gasteiger partial charge < -0.3 is 19.2 Å². The Morgan fingerprint density at radius 3 is 2.84 bits per heavy atom. The van der Waals surface area contributed by atoms with E-state index in [4.69, 9.17) is 14.3 Å². The number of carboxylic acid groups (broad SMARTS) is 1. The van der Waals surface area contributed by atoms with Gasteiger partial charge in [-0.3, -0.25) is 4.79 Å². The number of hydrogen-bond donors (Lipinski definition) is 1. The third-order valence-electron chi connectivity index (χ3n) is 4.33. The number of amides is 1. The van der Waals surface area contributed by atoms with Gasteiger partial charge in [0.25, 0.3) is 5.91 Å². The molecule has 1 atom stereocenters. The third-order valence-corrected chi connectivity index (χ3v) is 4.33. The third kappa shape index (κ3) is 4.21. The Hall–Kier alpha value is -2.76. The number of rotatable bonds is 5. The minimum atomic E-state index is -1.05. The first-order valence-corrected chi connectivity index (χ1v) is 8.44. The number of carbonyl (C=O) groups is 2. The molecule has 1 saturated heterocycles. The highest BCUT2D eigenvalue weighted by Crippen LogP contribution is 2.32. The van der Waals surface area contributed by atoms with Crippen LogP contribution in [0.1, 0.15) is 47.8 Å². The molecule has 1 aromatic carbocycles. The van der Waals surface area contributed by atoms with Crippen molar-refractivity contribution in [2.45, 2.75) is 31.7 Å². The van der Waals surface area contributed by atoms with E-state index < -0.39 is 12.6 Å². The summed E-state index contributed by atoms with van der Waals surface area (Å²) in [6, 6.07) is 10.3. The molecule has 1 aromatic heterocycles. The maximum Gasteiger partial charge on any atom is 0.341 e. The van der Waals surface area contributed by atoms with E-state index >= 15 is 0 Å². The van der Waals surface area contributed by atoms with Gasteiger partial charge in [0, 0.05) is 12.1 Å². The van der Waals surface area contributed by atoms with E-state index in [0.717, 1.165) is 31.4 Å². The molecule has 3 rings (SSSR count). The van der Waals surface area contributed by atoms with Gasteiger partial charge in [-0.15, -0.1) is 0 Å². The second-order valence-corrected chi connectivity index (χ2v) is 6.09. The smallest absolute Gasteiger partial charge is 0.341 e. The van der Waals surface area contributed by atoms with Crippen LogP contribution in [0.15, 0.2) is 47.1 Å². The van der Waals surface area contributed by atoms with E-state index in [0.29, 0.717) is 17.9 Å². The summed E-state index contributed by atoms with van der Waals surface area (Å²) in [5, 5.41) is 8.72. The normalized spacial score (nSPS) is 17.8. The second-order valence-electron chi connectivity index (χ2n) is 6.09. The van der Waals surface area contributed by atoms with Crippen molar-refractivity contribution < 1.29 is 23.8 Å². The summed E-state index contributed by atoms with van der Waals surface area (Å²) < 4.78 is 10.7.